The van der Waals surface area contributed by atoms with Gasteiger partial charge < -0.3 is 10.2 Å². The Morgan fingerprint density at radius 1 is 1.38 bits per heavy atom. The number of nitrogens with one attached hydrogen (secondary N) is 1. The van der Waals surface area contributed by atoms with Crippen LogP contribution in [0.25, 0.3) is 0 Å². The summed E-state index contributed by atoms with van der Waals surface area (Å²) in [7, 11) is 2.16. The lowest BCUT2D eigenvalue weighted by molar-refractivity contribution is 0.0912. The summed E-state index contributed by atoms with van der Waals surface area (Å²) in [4.78, 5) is 17.6. The molecular weight excluding hydrogens is 276 g/mol. The lowest BCUT2D eigenvalue weighted by Gasteiger charge is -2.36. The average Bonchev–Trinajstić information content (AvgIpc) is 2.70. The second-order valence-electron chi connectivity index (χ2n) is 6.06. The second kappa shape index (κ2) is 5.67. The summed E-state index contributed by atoms with van der Waals surface area (Å²) in [5, 5.41) is 2.73. The fourth-order valence-corrected chi connectivity index (χ4v) is 3.62. The minimum atomic E-state index is -1.24. The maximum absolute atomic E-state index is 13.5. The molecule has 21 heavy (non-hydrogen) atoms. The number of aromatic nitrogens is 1. The Morgan fingerprint density at radius 3 is 2.71 bits per heavy atom. The fourth-order valence-electron chi connectivity index (χ4n) is 3.62. The molecule has 0 spiro atoms. The van der Waals surface area contributed by atoms with Crippen LogP contribution in [0.15, 0.2) is 12.3 Å². The third-order valence-corrected chi connectivity index (χ3v) is 4.84. The molecule has 1 N–H and O–H groups in total. The van der Waals surface area contributed by atoms with E-state index in [2.05, 4.69) is 22.2 Å². The molecule has 1 aromatic rings. The minimum absolute atomic E-state index is 0.279. The van der Waals surface area contributed by atoms with Gasteiger partial charge in [-0.15, -0.1) is 0 Å². The Labute approximate surface area is 122 Å². The van der Waals surface area contributed by atoms with Crippen molar-refractivity contribution in [3.05, 3.63) is 29.6 Å². The topological polar surface area (TPSA) is 45.2 Å². The third-order valence-electron chi connectivity index (χ3n) is 4.84. The SMILES string of the molecule is CN1C2CCC1CC(CNC(=O)c1ccnc(F)c1F)C2. The number of rotatable bonds is 3. The summed E-state index contributed by atoms with van der Waals surface area (Å²) in [5.74, 6) is -2.57. The molecule has 114 valence electrons. The van der Waals surface area contributed by atoms with Crippen molar-refractivity contribution in [2.45, 2.75) is 37.8 Å². The van der Waals surface area contributed by atoms with Gasteiger partial charge in [-0.25, -0.2) is 9.37 Å². The molecule has 2 unspecified atom stereocenters. The van der Waals surface area contributed by atoms with Crippen molar-refractivity contribution < 1.29 is 13.6 Å². The highest BCUT2D eigenvalue weighted by atomic mass is 19.2. The van der Waals surface area contributed by atoms with E-state index in [-0.39, 0.29) is 5.56 Å². The molecule has 0 saturated carbocycles. The Bertz CT molecular complexity index is 538. The molecule has 2 aliphatic rings. The van der Waals surface area contributed by atoms with E-state index in [9.17, 15) is 13.6 Å². The molecule has 3 heterocycles. The Balaban J connectivity index is 1.58. The predicted octanol–water partition coefficient (Wildman–Crippen LogP) is 1.96. The maximum Gasteiger partial charge on any atom is 0.254 e. The van der Waals surface area contributed by atoms with Gasteiger partial charge in [-0.2, -0.15) is 4.39 Å². The van der Waals surface area contributed by atoms with Gasteiger partial charge in [-0.3, -0.25) is 4.79 Å². The van der Waals surface area contributed by atoms with Crippen LogP contribution in [-0.2, 0) is 0 Å². The van der Waals surface area contributed by atoms with Crippen LogP contribution in [0.5, 0.6) is 0 Å². The van der Waals surface area contributed by atoms with E-state index in [1.165, 1.54) is 18.9 Å². The summed E-state index contributed by atoms with van der Waals surface area (Å²) >= 11 is 0. The first-order valence-electron chi connectivity index (χ1n) is 7.36. The van der Waals surface area contributed by atoms with Crippen molar-refractivity contribution in [1.29, 1.82) is 0 Å². The van der Waals surface area contributed by atoms with Crippen molar-refractivity contribution in [2.75, 3.05) is 13.6 Å². The van der Waals surface area contributed by atoms with Gasteiger partial charge in [0.15, 0.2) is 5.82 Å². The number of hydrogen-bond donors (Lipinski definition) is 1. The molecular formula is C15H19F2N3O. The number of piperidine rings is 1. The van der Waals surface area contributed by atoms with E-state index in [1.807, 2.05) is 0 Å². The molecule has 6 heteroatoms. The average molecular weight is 295 g/mol. The van der Waals surface area contributed by atoms with Crippen molar-refractivity contribution in [1.82, 2.24) is 15.2 Å². The van der Waals surface area contributed by atoms with Crippen LogP contribution < -0.4 is 5.32 Å². The highest BCUT2D eigenvalue weighted by molar-refractivity contribution is 5.94. The largest absolute Gasteiger partial charge is 0.352 e. The van der Waals surface area contributed by atoms with Gasteiger partial charge in [0.2, 0.25) is 5.95 Å². The molecule has 2 atom stereocenters. The molecule has 0 radical (unpaired) electrons. The first kappa shape index (κ1) is 14.4. The van der Waals surface area contributed by atoms with E-state index in [0.717, 1.165) is 19.0 Å². The highest BCUT2D eigenvalue weighted by Crippen LogP contribution is 2.37. The first-order valence-corrected chi connectivity index (χ1v) is 7.36. The van der Waals surface area contributed by atoms with Crippen LogP contribution in [-0.4, -0.2) is 41.5 Å². The molecule has 0 aliphatic carbocycles. The summed E-state index contributed by atoms with van der Waals surface area (Å²) in [6.07, 6.45) is 5.65. The molecule has 2 saturated heterocycles. The summed E-state index contributed by atoms with van der Waals surface area (Å²) < 4.78 is 26.5. The Morgan fingerprint density at radius 2 is 2.05 bits per heavy atom. The predicted molar refractivity (Wildman–Crippen MR) is 73.8 cm³/mol. The minimum Gasteiger partial charge on any atom is -0.352 e. The second-order valence-corrected chi connectivity index (χ2v) is 6.06. The number of carbonyl (C=O) groups is 1. The number of pyridine rings is 1. The molecule has 2 bridgehead atoms. The van der Waals surface area contributed by atoms with Crippen molar-refractivity contribution >= 4 is 5.91 Å². The van der Waals surface area contributed by atoms with Crippen LogP contribution in [0, 0.1) is 17.7 Å². The summed E-state index contributed by atoms with van der Waals surface area (Å²) in [6, 6.07) is 2.40. The van der Waals surface area contributed by atoms with Gasteiger partial charge in [0.05, 0.1) is 5.56 Å². The number of carbonyl (C=O) groups excluding carboxylic acids is 1. The van der Waals surface area contributed by atoms with E-state index in [1.54, 1.807) is 0 Å². The zero-order valence-electron chi connectivity index (χ0n) is 12.0. The van der Waals surface area contributed by atoms with E-state index >= 15 is 0 Å². The maximum atomic E-state index is 13.5. The number of nitrogens with zero attached hydrogens (tertiary/aromatic N) is 2. The van der Waals surface area contributed by atoms with Crippen molar-refractivity contribution in [2.24, 2.45) is 5.92 Å². The number of fused-ring (bicyclic) bond motifs is 2. The van der Waals surface area contributed by atoms with Crippen LogP contribution in [0.3, 0.4) is 0 Å². The number of amides is 1. The van der Waals surface area contributed by atoms with Crippen LogP contribution in [0.1, 0.15) is 36.0 Å². The van der Waals surface area contributed by atoms with Gasteiger partial charge in [-0.1, -0.05) is 0 Å². The monoisotopic (exact) mass is 295 g/mol. The molecule has 2 fully saturated rings. The normalized spacial score (nSPS) is 28.6. The van der Waals surface area contributed by atoms with Crippen molar-refractivity contribution in [3.63, 3.8) is 0 Å². The van der Waals surface area contributed by atoms with Gasteiger partial charge in [-0.05, 0) is 44.7 Å². The smallest absolute Gasteiger partial charge is 0.254 e. The molecule has 0 aromatic carbocycles. The van der Waals surface area contributed by atoms with E-state index in [4.69, 9.17) is 0 Å². The van der Waals surface area contributed by atoms with Crippen LogP contribution in [0.2, 0.25) is 0 Å². The summed E-state index contributed by atoms with van der Waals surface area (Å²) in [5.41, 5.74) is -0.279. The summed E-state index contributed by atoms with van der Waals surface area (Å²) in [6.45, 7) is 0.517. The van der Waals surface area contributed by atoms with E-state index < -0.39 is 17.7 Å². The Hall–Kier alpha value is -1.56. The van der Waals surface area contributed by atoms with Crippen molar-refractivity contribution in [3.8, 4) is 0 Å². The standard InChI is InChI=1S/C15H19F2N3O/c1-20-10-2-3-11(20)7-9(6-10)8-19-15(21)12-4-5-18-14(17)13(12)16/h4-5,9-11H,2-3,6-8H2,1H3,(H,19,21). The fraction of sp³-hybridized carbons (Fsp3) is 0.600. The molecule has 3 rings (SSSR count). The van der Waals surface area contributed by atoms with E-state index in [0.29, 0.717) is 24.5 Å². The van der Waals surface area contributed by atoms with Crippen LogP contribution in [0.4, 0.5) is 8.78 Å². The highest BCUT2D eigenvalue weighted by Gasteiger charge is 2.38. The molecule has 1 amide bonds. The lowest BCUT2D eigenvalue weighted by atomic mass is 9.91. The molecule has 4 nitrogen and oxygen atoms in total. The Kier molecular flexibility index (Phi) is 3.89. The van der Waals surface area contributed by atoms with Gasteiger partial charge in [0.25, 0.3) is 5.91 Å². The molecule has 1 aromatic heterocycles. The quantitative estimate of drug-likeness (QED) is 0.867. The van der Waals surface area contributed by atoms with Gasteiger partial charge in [0.1, 0.15) is 0 Å². The third kappa shape index (κ3) is 2.77. The zero-order chi connectivity index (χ0) is 15.0. The lowest BCUT2D eigenvalue weighted by Crippen LogP contribution is -2.43. The number of hydrogen-bond acceptors (Lipinski definition) is 3. The van der Waals surface area contributed by atoms with Gasteiger partial charge >= 0.3 is 0 Å². The van der Waals surface area contributed by atoms with Crippen LogP contribution >= 0.6 is 0 Å². The van der Waals surface area contributed by atoms with Gasteiger partial charge in [0, 0.05) is 24.8 Å². The zero-order valence-corrected chi connectivity index (χ0v) is 12.0. The number of halogens is 2. The first-order chi connectivity index (χ1) is 10.1. The molecule has 2 aliphatic heterocycles.